The largest absolute Gasteiger partial charge is 0.378 e. The molecule has 0 bridgehead atoms. The maximum atomic E-state index is 11.6. The second kappa shape index (κ2) is 8.47. The van der Waals surface area contributed by atoms with Gasteiger partial charge in [0.05, 0.1) is 6.10 Å². The van der Waals surface area contributed by atoms with Crippen molar-refractivity contribution in [3.05, 3.63) is 0 Å². The molecular weight excluding hydrogens is 254 g/mol. The second-order valence-corrected chi connectivity index (χ2v) is 6.03. The minimum Gasteiger partial charge on any atom is -0.378 e. The number of hydrogen-bond donors (Lipinski definition) is 2. The Labute approximate surface area is 122 Å². The van der Waals surface area contributed by atoms with Crippen LogP contribution in [0, 0.1) is 0 Å². The summed E-state index contributed by atoms with van der Waals surface area (Å²) in [5, 5.41) is 5.83. The number of likely N-dealkylation sites (N-methyl/N-ethyl adjacent to an activating group) is 1. The highest BCUT2D eigenvalue weighted by atomic mass is 16.5. The van der Waals surface area contributed by atoms with Gasteiger partial charge in [0.25, 0.3) is 0 Å². The van der Waals surface area contributed by atoms with Gasteiger partial charge in [0.2, 0.25) is 0 Å². The van der Waals surface area contributed by atoms with E-state index in [-0.39, 0.29) is 6.03 Å². The minimum absolute atomic E-state index is 0.0529. The number of amides is 2. The molecule has 0 spiro atoms. The van der Waals surface area contributed by atoms with Crippen molar-refractivity contribution in [2.24, 2.45) is 0 Å². The van der Waals surface area contributed by atoms with Crippen LogP contribution in [0.1, 0.15) is 44.9 Å². The topological polar surface area (TPSA) is 53.6 Å². The summed E-state index contributed by atoms with van der Waals surface area (Å²) in [5.74, 6) is 0. The molecule has 116 valence electrons. The number of nitrogens with one attached hydrogen (secondary N) is 2. The van der Waals surface area contributed by atoms with Gasteiger partial charge < -0.3 is 20.3 Å². The Kier molecular flexibility index (Phi) is 6.60. The van der Waals surface area contributed by atoms with Crippen LogP contribution in [0.15, 0.2) is 0 Å². The Bertz CT molecular complexity index is 287. The third-order valence-corrected chi connectivity index (χ3v) is 4.47. The molecule has 5 nitrogen and oxygen atoms in total. The van der Waals surface area contributed by atoms with Gasteiger partial charge >= 0.3 is 6.03 Å². The average molecular weight is 283 g/mol. The molecule has 1 saturated heterocycles. The molecule has 2 amide bonds. The summed E-state index contributed by atoms with van der Waals surface area (Å²) in [6, 6.07) is 0.669. The number of hydrogen-bond acceptors (Lipinski definition) is 3. The van der Waals surface area contributed by atoms with Crippen molar-refractivity contribution in [3.8, 4) is 0 Å². The average Bonchev–Trinajstić information content (AvgIpc) is 3.12. The van der Waals surface area contributed by atoms with Crippen molar-refractivity contribution in [1.29, 1.82) is 0 Å². The Morgan fingerprint density at radius 3 is 2.60 bits per heavy atom. The first-order chi connectivity index (χ1) is 9.75. The van der Waals surface area contributed by atoms with Crippen molar-refractivity contribution in [1.82, 2.24) is 15.5 Å². The van der Waals surface area contributed by atoms with Crippen molar-refractivity contribution in [3.63, 3.8) is 0 Å². The normalized spacial score (nSPS) is 23.4. The van der Waals surface area contributed by atoms with Gasteiger partial charge in [-0.1, -0.05) is 12.8 Å². The van der Waals surface area contributed by atoms with Gasteiger partial charge in [-0.25, -0.2) is 4.79 Å². The highest BCUT2D eigenvalue weighted by Gasteiger charge is 2.19. The van der Waals surface area contributed by atoms with E-state index in [0.717, 1.165) is 45.0 Å². The molecule has 1 saturated carbocycles. The fourth-order valence-electron chi connectivity index (χ4n) is 3.15. The van der Waals surface area contributed by atoms with E-state index in [9.17, 15) is 4.79 Å². The van der Waals surface area contributed by atoms with Gasteiger partial charge in [0, 0.05) is 32.3 Å². The number of rotatable bonds is 7. The molecule has 1 aliphatic heterocycles. The molecule has 1 unspecified atom stereocenters. The Morgan fingerprint density at radius 1 is 1.15 bits per heavy atom. The van der Waals surface area contributed by atoms with E-state index in [1.807, 2.05) is 0 Å². The van der Waals surface area contributed by atoms with Crippen molar-refractivity contribution in [2.45, 2.75) is 57.1 Å². The summed E-state index contributed by atoms with van der Waals surface area (Å²) in [7, 11) is 2.16. The third-order valence-electron chi connectivity index (χ3n) is 4.47. The highest BCUT2D eigenvalue weighted by molar-refractivity contribution is 5.73. The maximum absolute atomic E-state index is 11.6. The number of urea groups is 1. The summed E-state index contributed by atoms with van der Waals surface area (Å²) in [6.07, 6.45) is 8.89. The summed E-state index contributed by atoms with van der Waals surface area (Å²) in [6.45, 7) is 3.24. The SMILES string of the molecule is CN(CCNC(=O)NCCC1CCCO1)C1CCCC1. The van der Waals surface area contributed by atoms with Gasteiger partial charge in [-0.15, -0.1) is 0 Å². The minimum atomic E-state index is -0.0529. The van der Waals surface area contributed by atoms with Gasteiger partial charge in [-0.05, 0) is 39.2 Å². The Balaban J connectivity index is 1.47. The third kappa shape index (κ3) is 5.29. The van der Waals surface area contributed by atoms with Crippen LogP contribution in [-0.4, -0.2) is 56.4 Å². The molecule has 1 heterocycles. The lowest BCUT2D eigenvalue weighted by atomic mass is 10.2. The van der Waals surface area contributed by atoms with E-state index in [4.69, 9.17) is 4.74 Å². The van der Waals surface area contributed by atoms with E-state index in [0.29, 0.717) is 12.6 Å². The van der Waals surface area contributed by atoms with Crippen LogP contribution < -0.4 is 10.6 Å². The van der Waals surface area contributed by atoms with E-state index in [1.54, 1.807) is 0 Å². The van der Waals surface area contributed by atoms with Crippen molar-refractivity contribution < 1.29 is 9.53 Å². The van der Waals surface area contributed by atoms with Crippen LogP contribution in [0.2, 0.25) is 0 Å². The van der Waals surface area contributed by atoms with E-state index in [1.165, 1.54) is 25.7 Å². The van der Waals surface area contributed by atoms with Crippen LogP contribution in [-0.2, 0) is 4.74 Å². The summed E-state index contributed by atoms with van der Waals surface area (Å²) in [4.78, 5) is 14.0. The Hall–Kier alpha value is -0.810. The zero-order valence-corrected chi connectivity index (χ0v) is 12.7. The van der Waals surface area contributed by atoms with Crippen LogP contribution in [0.5, 0.6) is 0 Å². The molecular formula is C15H29N3O2. The standard InChI is InChI=1S/C15H29N3O2/c1-18(13-5-2-3-6-13)11-10-17-15(19)16-9-8-14-7-4-12-20-14/h13-14H,2-12H2,1H3,(H2,16,17,19). The van der Waals surface area contributed by atoms with E-state index >= 15 is 0 Å². The fraction of sp³-hybridized carbons (Fsp3) is 0.933. The molecule has 0 aromatic heterocycles. The molecule has 2 fully saturated rings. The first kappa shape index (κ1) is 15.6. The zero-order chi connectivity index (χ0) is 14.2. The fourth-order valence-corrected chi connectivity index (χ4v) is 3.15. The second-order valence-electron chi connectivity index (χ2n) is 6.03. The lowest BCUT2D eigenvalue weighted by Gasteiger charge is -2.23. The molecule has 0 radical (unpaired) electrons. The van der Waals surface area contributed by atoms with Gasteiger partial charge in [-0.3, -0.25) is 0 Å². The number of carbonyl (C=O) groups excluding carboxylic acids is 1. The number of ether oxygens (including phenoxy) is 1. The van der Waals surface area contributed by atoms with Crippen LogP contribution in [0.3, 0.4) is 0 Å². The first-order valence-electron chi connectivity index (χ1n) is 8.09. The predicted molar refractivity (Wildman–Crippen MR) is 79.9 cm³/mol. The molecule has 20 heavy (non-hydrogen) atoms. The maximum Gasteiger partial charge on any atom is 0.314 e. The summed E-state index contributed by atoms with van der Waals surface area (Å²) < 4.78 is 5.53. The molecule has 0 aromatic rings. The lowest BCUT2D eigenvalue weighted by molar-refractivity contribution is 0.104. The first-order valence-corrected chi connectivity index (χ1v) is 8.09. The van der Waals surface area contributed by atoms with E-state index < -0.39 is 0 Å². The van der Waals surface area contributed by atoms with Gasteiger partial charge in [0.1, 0.15) is 0 Å². The monoisotopic (exact) mass is 283 g/mol. The summed E-state index contributed by atoms with van der Waals surface area (Å²) >= 11 is 0. The predicted octanol–water partition coefficient (Wildman–Crippen LogP) is 1.73. The molecule has 2 aliphatic rings. The highest BCUT2D eigenvalue weighted by Crippen LogP contribution is 2.21. The van der Waals surface area contributed by atoms with Crippen LogP contribution >= 0.6 is 0 Å². The molecule has 1 aliphatic carbocycles. The zero-order valence-electron chi connectivity index (χ0n) is 12.7. The van der Waals surface area contributed by atoms with Crippen molar-refractivity contribution >= 4 is 6.03 Å². The number of nitrogens with zero attached hydrogens (tertiary/aromatic N) is 1. The molecule has 1 atom stereocenters. The summed E-state index contributed by atoms with van der Waals surface area (Å²) in [5.41, 5.74) is 0. The lowest BCUT2D eigenvalue weighted by Crippen LogP contribution is -2.42. The molecule has 2 rings (SSSR count). The van der Waals surface area contributed by atoms with Crippen LogP contribution in [0.25, 0.3) is 0 Å². The molecule has 5 heteroatoms. The quantitative estimate of drug-likeness (QED) is 0.748. The smallest absolute Gasteiger partial charge is 0.314 e. The van der Waals surface area contributed by atoms with E-state index in [2.05, 4.69) is 22.6 Å². The van der Waals surface area contributed by atoms with Gasteiger partial charge in [0.15, 0.2) is 0 Å². The van der Waals surface area contributed by atoms with Gasteiger partial charge in [-0.2, -0.15) is 0 Å². The van der Waals surface area contributed by atoms with Crippen molar-refractivity contribution in [2.75, 3.05) is 33.3 Å². The molecule has 2 N–H and O–H groups in total. The molecule has 0 aromatic carbocycles. The number of carbonyl (C=O) groups is 1. The van der Waals surface area contributed by atoms with Crippen LogP contribution in [0.4, 0.5) is 4.79 Å². The Morgan fingerprint density at radius 2 is 1.90 bits per heavy atom.